The van der Waals surface area contributed by atoms with Gasteiger partial charge in [-0.3, -0.25) is 28.9 Å². The molecule has 0 bridgehead atoms. The van der Waals surface area contributed by atoms with E-state index >= 15 is 0 Å². The normalized spacial score (nSPS) is 23.3. The summed E-state index contributed by atoms with van der Waals surface area (Å²) in [6, 6.07) is 6.38. The summed E-state index contributed by atoms with van der Waals surface area (Å²) in [5, 5.41) is 0. The molecule has 2 aliphatic heterocycles. The number of hydrogen-bond donors (Lipinski definition) is 0. The first-order valence-electron chi connectivity index (χ1n) is 9.10. The maximum Gasteiger partial charge on any atom is 0.309 e. The number of allylic oxidation sites excluding steroid dienone is 2. The maximum absolute atomic E-state index is 12.4. The van der Waals surface area contributed by atoms with E-state index in [0.29, 0.717) is 12.8 Å². The molecule has 2 atom stereocenters. The van der Waals surface area contributed by atoms with Crippen LogP contribution in [-0.4, -0.2) is 52.7 Å². The molecule has 0 aromatic heterocycles. The van der Waals surface area contributed by atoms with Crippen molar-refractivity contribution in [3.63, 3.8) is 0 Å². The zero-order valence-corrected chi connectivity index (χ0v) is 15.0. The molecule has 0 spiro atoms. The van der Waals surface area contributed by atoms with E-state index in [1.54, 1.807) is 12.1 Å². The van der Waals surface area contributed by atoms with E-state index in [4.69, 9.17) is 4.74 Å². The molecule has 8 nitrogen and oxygen atoms in total. The summed E-state index contributed by atoms with van der Waals surface area (Å²) in [4.78, 5) is 63.2. The molecule has 1 saturated heterocycles. The van der Waals surface area contributed by atoms with Gasteiger partial charge in [0.2, 0.25) is 11.8 Å². The molecule has 8 heteroatoms. The summed E-state index contributed by atoms with van der Waals surface area (Å²) in [5.74, 6) is -2.92. The highest BCUT2D eigenvalue weighted by Crippen LogP contribution is 2.35. The lowest BCUT2D eigenvalue weighted by Crippen LogP contribution is -2.35. The predicted molar refractivity (Wildman–Crippen MR) is 94.6 cm³/mol. The van der Waals surface area contributed by atoms with Gasteiger partial charge in [0, 0.05) is 6.54 Å². The molecule has 4 amide bonds. The Bertz CT molecular complexity index is 860. The van der Waals surface area contributed by atoms with Gasteiger partial charge in [-0.15, -0.1) is 0 Å². The molecule has 0 N–H and O–H groups in total. The lowest BCUT2D eigenvalue weighted by atomic mass is 9.85. The number of carbonyl (C=O) groups excluding carboxylic acids is 5. The smallest absolute Gasteiger partial charge is 0.309 e. The third kappa shape index (κ3) is 2.90. The number of hydrogen-bond acceptors (Lipinski definition) is 6. The van der Waals surface area contributed by atoms with E-state index in [1.807, 2.05) is 12.2 Å². The van der Waals surface area contributed by atoms with Crippen LogP contribution in [0.25, 0.3) is 0 Å². The lowest BCUT2D eigenvalue weighted by Gasteiger charge is -2.16. The third-order valence-corrected chi connectivity index (χ3v) is 5.37. The third-order valence-electron chi connectivity index (χ3n) is 5.37. The van der Waals surface area contributed by atoms with E-state index in [-0.39, 0.29) is 47.7 Å². The number of amides is 4. The van der Waals surface area contributed by atoms with Crippen molar-refractivity contribution >= 4 is 29.6 Å². The van der Waals surface area contributed by atoms with Crippen molar-refractivity contribution < 1.29 is 28.7 Å². The lowest BCUT2D eigenvalue weighted by molar-refractivity contribution is -0.147. The number of rotatable bonds is 5. The van der Waals surface area contributed by atoms with Crippen LogP contribution >= 0.6 is 0 Å². The van der Waals surface area contributed by atoms with Gasteiger partial charge in [0.25, 0.3) is 11.8 Å². The number of carbonyl (C=O) groups is 5. The highest BCUT2D eigenvalue weighted by molar-refractivity contribution is 6.21. The first-order valence-corrected chi connectivity index (χ1v) is 9.10. The average Bonchev–Trinajstić information content (AvgIpc) is 3.10. The van der Waals surface area contributed by atoms with Crippen LogP contribution in [0.5, 0.6) is 0 Å². The van der Waals surface area contributed by atoms with Gasteiger partial charge in [-0.1, -0.05) is 24.3 Å². The Kier molecular flexibility index (Phi) is 4.54. The Morgan fingerprint density at radius 1 is 0.893 bits per heavy atom. The minimum absolute atomic E-state index is 0.0639. The van der Waals surface area contributed by atoms with E-state index in [2.05, 4.69) is 0 Å². The molecule has 1 fully saturated rings. The van der Waals surface area contributed by atoms with Gasteiger partial charge in [-0.25, -0.2) is 4.90 Å². The van der Waals surface area contributed by atoms with Crippen LogP contribution in [0.3, 0.4) is 0 Å². The minimum atomic E-state index is -0.690. The number of likely N-dealkylation sites (tertiary alicyclic amines) is 1. The van der Waals surface area contributed by atoms with Crippen molar-refractivity contribution in [2.24, 2.45) is 11.8 Å². The molecular formula is C20H18N2O6. The van der Waals surface area contributed by atoms with Crippen LogP contribution in [0.15, 0.2) is 36.4 Å². The monoisotopic (exact) mass is 382 g/mol. The van der Waals surface area contributed by atoms with Crippen LogP contribution < -0.4 is 0 Å². The van der Waals surface area contributed by atoms with Gasteiger partial charge in [-0.05, 0) is 25.0 Å². The summed E-state index contributed by atoms with van der Waals surface area (Å²) in [6.07, 6.45) is 4.68. The van der Waals surface area contributed by atoms with Gasteiger partial charge >= 0.3 is 5.97 Å². The maximum atomic E-state index is 12.4. The molecular weight excluding hydrogens is 364 g/mol. The Morgan fingerprint density at radius 2 is 1.43 bits per heavy atom. The molecule has 28 heavy (non-hydrogen) atoms. The van der Waals surface area contributed by atoms with Crippen molar-refractivity contribution in [3.05, 3.63) is 47.5 Å². The SMILES string of the molecule is O=C(CCN1C(=O)[C@@H]2CC=CC[C@H]2C1=O)OCN1C(=O)c2ccccc2C1=O. The first kappa shape index (κ1) is 18.1. The topological polar surface area (TPSA) is 101 Å². The Labute approximate surface area is 160 Å². The molecule has 144 valence electrons. The summed E-state index contributed by atoms with van der Waals surface area (Å²) in [7, 11) is 0. The van der Waals surface area contributed by atoms with Crippen molar-refractivity contribution in [3.8, 4) is 0 Å². The highest BCUT2D eigenvalue weighted by Gasteiger charge is 2.47. The summed E-state index contributed by atoms with van der Waals surface area (Å²) >= 11 is 0. The molecule has 1 aliphatic carbocycles. The second kappa shape index (κ2) is 7.03. The fraction of sp³-hybridized carbons (Fsp3) is 0.350. The van der Waals surface area contributed by atoms with Gasteiger partial charge < -0.3 is 4.74 Å². The van der Waals surface area contributed by atoms with Gasteiger partial charge in [0.05, 0.1) is 29.4 Å². The Balaban J connectivity index is 1.30. The van der Waals surface area contributed by atoms with E-state index in [0.717, 1.165) is 9.80 Å². The largest absolute Gasteiger partial charge is 0.444 e. The van der Waals surface area contributed by atoms with Crippen LogP contribution in [0.4, 0.5) is 0 Å². The van der Waals surface area contributed by atoms with Crippen LogP contribution in [0.1, 0.15) is 40.0 Å². The molecule has 3 aliphatic rings. The highest BCUT2D eigenvalue weighted by atomic mass is 16.5. The molecule has 1 aromatic carbocycles. The predicted octanol–water partition coefficient (Wildman–Crippen LogP) is 1.12. The van der Waals surface area contributed by atoms with Crippen LogP contribution in [0.2, 0.25) is 0 Å². The molecule has 0 saturated carbocycles. The second-order valence-electron chi connectivity index (χ2n) is 6.96. The molecule has 0 unspecified atom stereocenters. The molecule has 0 radical (unpaired) electrons. The first-order chi connectivity index (χ1) is 13.5. The number of fused-ring (bicyclic) bond motifs is 2. The van der Waals surface area contributed by atoms with Crippen molar-refractivity contribution in [2.45, 2.75) is 19.3 Å². The summed E-state index contributed by atoms with van der Waals surface area (Å²) < 4.78 is 5.03. The van der Waals surface area contributed by atoms with Gasteiger partial charge in [0.1, 0.15) is 0 Å². The van der Waals surface area contributed by atoms with Gasteiger partial charge in [0.15, 0.2) is 6.73 Å². The fourth-order valence-corrected chi connectivity index (χ4v) is 3.86. The number of nitrogens with zero attached hydrogens (tertiary/aromatic N) is 2. The summed E-state index contributed by atoms with van der Waals surface area (Å²) in [5.41, 5.74) is 0.543. The average molecular weight is 382 g/mol. The summed E-state index contributed by atoms with van der Waals surface area (Å²) in [6.45, 7) is -0.562. The van der Waals surface area contributed by atoms with Crippen molar-refractivity contribution in [1.29, 1.82) is 0 Å². The van der Waals surface area contributed by atoms with E-state index in [1.165, 1.54) is 12.1 Å². The number of imide groups is 2. The molecule has 2 heterocycles. The number of esters is 1. The van der Waals surface area contributed by atoms with Crippen molar-refractivity contribution in [2.75, 3.05) is 13.3 Å². The standard InChI is InChI=1S/C20H18N2O6/c23-16(9-10-21-17(24)12-5-1-2-6-13(12)18(21)25)28-11-22-19(26)14-7-3-4-8-15(14)20(22)27/h1-4,7-8,12-13H,5-6,9-11H2/t12-,13-/m1/s1. The Hall–Kier alpha value is -3.29. The van der Waals surface area contributed by atoms with Gasteiger partial charge in [-0.2, -0.15) is 0 Å². The van der Waals surface area contributed by atoms with E-state index in [9.17, 15) is 24.0 Å². The quantitative estimate of drug-likeness (QED) is 0.430. The minimum Gasteiger partial charge on any atom is -0.444 e. The van der Waals surface area contributed by atoms with E-state index < -0.39 is 24.5 Å². The zero-order chi connectivity index (χ0) is 19.8. The fourth-order valence-electron chi connectivity index (χ4n) is 3.86. The Morgan fingerprint density at radius 3 is 1.96 bits per heavy atom. The molecule has 4 rings (SSSR count). The zero-order valence-electron chi connectivity index (χ0n) is 15.0. The number of benzene rings is 1. The number of ether oxygens (including phenoxy) is 1. The second-order valence-corrected chi connectivity index (χ2v) is 6.96. The van der Waals surface area contributed by atoms with Crippen LogP contribution in [0, 0.1) is 11.8 Å². The molecule has 1 aromatic rings. The van der Waals surface area contributed by atoms with Crippen molar-refractivity contribution in [1.82, 2.24) is 9.80 Å². The van der Waals surface area contributed by atoms with Crippen LogP contribution in [-0.2, 0) is 19.1 Å².